The van der Waals surface area contributed by atoms with Gasteiger partial charge in [0.25, 0.3) is 0 Å². The van der Waals surface area contributed by atoms with Crippen LogP contribution in [0.5, 0.6) is 0 Å². The molecule has 3 aliphatic rings. The van der Waals surface area contributed by atoms with Crippen molar-refractivity contribution in [2.75, 3.05) is 49.1 Å². The lowest BCUT2D eigenvalue weighted by Crippen LogP contribution is -2.52. The van der Waals surface area contributed by atoms with Crippen molar-refractivity contribution < 1.29 is 26.4 Å². The molecule has 32 heavy (non-hydrogen) atoms. The smallest absolute Gasteiger partial charge is 0.246 e. The summed E-state index contributed by atoms with van der Waals surface area (Å²) in [5.74, 6) is -0.485. The van der Waals surface area contributed by atoms with Crippen molar-refractivity contribution in [2.45, 2.75) is 24.5 Å². The van der Waals surface area contributed by atoms with E-state index in [1.807, 2.05) is 24.3 Å². The molecule has 174 valence electrons. The largest absolute Gasteiger partial charge is 0.337 e. The highest BCUT2D eigenvalue weighted by Crippen LogP contribution is 2.24. The first-order valence-corrected chi connectivity index (χ1v) is 14.0. The second-order valence-electron chi connectivity index (χ2n) is 8.37. The third-order valence-corrected chi connectivity index (χ3v) is 10.5. The highest BCUT2D eigenvalue weighted by Gasteiger charge is 2.41. The predicted octanol–water partition coefficient (Wildman–Crippen LogP) is 0.488. The zero-order valence-corrected chi connectivity index (χ0v) is 19.4. The Hall–Kier alpha value is -2.24. The van der Waals surface area contributed by atoms with Crippen molar-refractivity contribution in [3.05, 3.63) is 35.9 Å². The molecule has 0 radical (unpaired) electrons. The highest BCUT2D eigenvalue weighted by atomic mass is 32.2. The number of sulfonamides is 1. The minimum Gasteiger partial charge on any atom is -0.337 e. The first-order chi connectivity index (χ1) is 15.2. The lowest BCUT2D eigenvalue weighted by Gasteiger charge is -2.34. The average molecular weight is 482 g/mol. The van der Waals surface area contributed by atoms with Gasteiger partial charge in [-0.1, -0.05) is 12.1 Å². The SMILES string of the molecule is O=C(C=Cc1ccc(N2CCCC2=O)cc1)N1CCN(S(=O)(=O)C2CCS(=O)(=O)C2)CC1. The molecular formula is C21H27N3O6S2. The number of nitrogens with zero attached hydrogens (tertiary/aromatic N) is 3. The van der Waals surface area contributed by atoms with Crippen LogP contribution in [0.25, 0.3) is 6.08 Å². The zero-order valence-electron chi connectivity index (χ0n) is 17.7. The molecule has 0 saturated carbocycles. The summed E-state index contributed by atoms with van der Waals surface area (Å²) in [6.45, 7) is 1.58. The Labute approximate surface area is 188 Å². The van der Waals surface area contributed by atoms with Gasteiger partial charge < -0.3 is 9.80 Å². The fourth-order valence-corrected chi connectivity index (χ4v) is 8.84. The fraction of sp³-hybridized carbons (Fsp3) is 0.524. The van der Waals surface area contributed by atoms with Gasteiger partial charge in [0.2, 0.25) is 21.8 Å². The molecule has 11 heteroatoms. The Morgan fingerprint density at radius 1 is 1.03 bits per heavy atom. The van der Waals surface area contributed by atoms with Crippen LogP contribution in [0.1, 0.15) is 24.8 Å². The monoisotopic (exact) mass is 481 g/mol. The van der Waals surface area contributed by atoms with Crippen molar-refractivity contribution >= 4 is 43.4 Å². The fourth-order valence-electron chi connectivity index (χ4n) is 4.33. The van der Waals surface area contributed by atoms with Gasteiger partial charge in [0.15, 0.2) is 9.84 Å². The Balaban J connectivity index is 1.31. The van der Waals surface area contributed by atoms with E-state index in [4.69, 9.17) is 0 Å². The van der Waals surface area contributed by atoms with Gasteiger partial charge >= 0.3 is 0 Å². The van der Waals surface area contributed by atoms with E-state index in [9.17, 15) is 26.4 Å². The predicted molar refractivity (Wildman–Crippen MR) is 121 cm³/mol. The first kappa shape index (κ1) is 22.9. The van der Waals surface area contributed by atoms with E-state index in [-0.39, 0.29) is 55.9 Å². The molecule has 0 aromatic heterocycles. The molecule has 3 aliphatic heterocycles. The van der Waals surface area contributed by atoms with Crippen LogP contribution in [0.15, 0.2) is 30.3 Å². The molecule has 0 spiro atoms. The van der Waals surface area contributed by atoms with Crippen molar-refractivity contribution in [1.29, 1.82) is 0 Å². The second kappa shape index (κ2) is 8.95. The maximum absolute atomic E-state index is 12.7. The Bertz CT molecular complexity index is 1120. The zero-order chi connectivity index (χ0) is 22.9. The molecule has 9 nitrogen and oxygen atoms in total. The number of carbonyl (C=O) groups excluding carboxylic acids is 2. The molecule has 1 unspecified atom stereocenters. The summed E-state index contributed by atoms with van der Waals surface area (Å²) in [5.41, 5.74) is 1.68. The minimum atomic E-state index is -3.68. The van der Waals surface area contributed by atoms with E-state index >= 15 is 0 Å². The summed E-state index contributed by atoms with van der Waals surface area (Å²) >= 11 is 0. The third kappa shape index (κ3) is 4.89. The molecule has 0 aliphatic carbocycles. The second-order valence-corrected chi connectivity index (χ2v) is 12.8. The lowest BCUT2D eigenvalue weighted by atomic mass is 10.2. The molecule has 3 fully saturated rings. The number of amides is 2. The summed E-state index contributed by atoms with van der Waals surface area (Å²) in [7, 11) is -6.97. The van der Waals surface area contributed by atoms with Crippen LogP contribution >= 0.6 is 0 Å². The van der Waals surface area contributed by atoms with Gasteiger partial charge in [0.05, 0.1) is 16.8 Å². The van der Waals surface area contributed by atoms with Crippen LogP contribution < -0.4 is 4.90 Å². The number of hydrogen-bond donors (Lipinski definition) is 0. The summed E-state index contributed by atoms with van der Waals surface area (Å²) in [4.78, 5) is 27.7. The summed E-state index contributed by atoms with van der Waals surface area (Å²) in [6.07, 6.45) is 4.74. The van der Waals surface area contributed by atoms with E-state index < -0.39 is 25.1 Å². The van der Waals surface area contributed by atoms with E-state index in [0.717, 1.165) is 24.2 Å². The number of benzene rings is 1. The molecule has 1 atom stereocenters. The van der Waals surface area contributed by atoms with Crippen LogP contribution in [-0.4, -0.2) is 87.3 Å². The van der Waals surface area contributed by atoms with Crippen LogP contribution in [0, 0.1) is 0 Å². The van der Waals surface area contributed by atoms with Crippen molar-refractivity contribution in [3.8, 4) is 0 Å². The van der Waals surface area contributed by atoms with Crippen molar-refractivity contribution in [3.63, 3.8) is 0 Å². The van der Waals surface area contributed by atoms with E-state index in [2.05, 4.69) is 0 Å². The van der Waals surface area contributed by atoms with Crippen LogP contribution in [0.3, 0.4) is 0 Å². The van der Waals surface area contributed by atoms with Gasteiger partial charge in [0.1, 0.15) is 0 Å². The Morgan fingerprint density at radius 3 is 2.28 bits per heavy atom. The van der Waals surface area contributed by atoms with Crippen LogP contribution in [0.2, 0.25) is 0 Å². The van der Waals surface area contributed by atoms with Crippen LogP contribution in [-0.2, 0) is 29.4 Å². The molecule has 0 bridgehead atoms. The average Bonchev–Trinajstić information content (AvgIpc) is 3.37. The third-order valence-electron chi connectivity index (χ3n) is 6.22. The maximum Gasteiger partial charge on any atom is 0.246 e. The minimum absolute atomic E-state index is 0.0878. The topological polar surface area (TPSA) is 112 Å². The van der Waals surface area contributed by atoms with Crippen molar-refractivity contribution in [2.24, 2.45) is 0 Å². The van der Waals surface area contributed by atoms with Crippen LogP contribution in [0.4, 0.5) is 5.69 Å². The van der Waals surface area contributed by atoms with Gasteiger partial charge in [-0.3, -0.25) is 9.59 Å². The summed E-state index contributed by atoms with van der Waals surface area (Å²) in [6, 6.07) is 7.43. The molecule has 4 rings (SSSR count). The summed E-state index contributed by atoms with van der Waals surface area (Å²) < 4.78 is 50.0. The Morgan fingerprint density at radius 2 is 1.72 bits per heavy atom. The van der Waals surface area contributed by atoms with Gasteiger partial charge in [0, 0.05) is 50.9 Å². The number of anilines is 1. The van der Waals surface area contributed by atoms with Gasteiger partial charge in [-0.2, -0.15) is 4.31 Å². The standard InChI is InChI=1S/C21H27N3O6S2/c25-20(8-5-17-3-6-18(7-4-17)24-10-1-2-21(24)26)22-11-13-23(14-12-22)32(29,30)19-9-15-31(27,28)16-19/h3-8,19H,1-2,9-16H2. The number of sulfone groups is 1. The molecule has 0 N–H and O–H groups in total. The molecule has 1 aromatic carbocycles. The molecule has 2 amide bonds. The van der Waals surface area contributed by atoms with E-state index in [0.29, 0.717) is 6.42 Å². The number of hydrogen-bond acceptors (Lipinski definition) is 6. The number of piperazine rings is 1. The number of carbonyl (C=O) groups is 2. The molecule has 3 heterocycles. The lowest BCUT2D eigenvalue weighted by molar-refractivity contribution is -0.127. The summed E-state index contributed by atoms with van der Waals surface area (Å²) in [5, 5.41) is -0.881. The van der Waals surface area contributed by atoms with E-state index in [1.165, 1.54) is 10.4 Å². The van der Waals surface area contributed by atoms with Crippen molar-refractivity contribution in [1.82, 2.24) is 9.21 Å². The number of rotatable bonds is 5. The molecule has 1 aromatic rings. The molecule has 3 saturated heterocycles. The van der Waals surface area contributed by atoms with Gasteiger partial charge in [-0.05, 0) is 36.6 Å². The first-order valence-electron chi connectivity index (χ1n) is 10.7. The van der Waals surface area contributed by atoms with E-state index in [1.54, 1.807) is 15.9 Å². The Kier molecular flexibility index (Phi) is 6.42. The maximum atomic E-state index is 12.7. The molecular weight excluding hydrogens is 454 g/mol. The highest BCUT2D eigenvalue weighted by molar-refractivity contribution is 7.95. The van der Waals surface area contributed by atoms with Gasteiger partial charge in [-0.15, -0.1) is 0 Å². The van der Waals surface area contributed by atoms with Gasteiger partial charge in [-0.25, -0.2) is 16.8 Å². The quantitative estimate of drug-likeness (QED) is 0.566. The normalized spacial score (nSPS) is 24.5.